The molecule has 0 saturated heterocycles. The van der Waals surface area contributed by atoms with Gasteiger partial charge in [0.1, 0.15) is 0 Å². The minimum Gasteiger partial charge on any atom is -0.363 e. The van der Waals surface area contributed by atoms with Gasteiger partial charge in [-0.3, -0.25) is 4.79 Å². The summed E-state index contributed by atoms with van der Waals surface area (Å²) >= 11 is 1.59. The molecule has 0 fully saturated rings. The summed E-state index contributed by atoms with van der Waals surface area (Å²) in [5.74, 6) is 0.752. The number of rotatable bonds is 7. The Morgan fingerprint density at radius 1 is 1.31 bits per heavy atom. The molecular weight excluding hydrogens is 218 g/mol. The van der Waals surface area contributed by atoms with Gasteiger partial charge < -0.3 is 4.90 Å². The van der Waals surface area contributed by atoms with Crippen LogP contribution >= 0.6 is 11.3 Å². The van der Waals surface area contributed by atoms with Gasteiger partial charge in [-0.2, -0.15) is 0 Å². The Bertz CT molecular complexity index is 317. The number of hydrogen-bond acceptors (Lipinski definition) is 3. The van der Waals surface area contributed by atoms with Crippen LogP contribution in [-0.2, 0) is 0 Å². The van der Waals surface area contributed by atoms with Crippen LogP contribution in [0.15, 0.2) is 12.1 Å². The molecule has 1 aromatic heterocycles. The van der Waals surface area contributed by atoms with Crippen molar-refractivity contribution >= 4 is 22.6 Å². The van der Waals surface area contributed by atoms with Crippen LogP contribution in [0, 0.1) is 5.92 Å². The second-order valence-corrected chi connectivity index (χ2v) is 5.11. The van der Waals surface area contributed by atoms with Gasteiger partial charge in [-0.15, -0.1) is 11.3 Å². The van der Waals surface area contributed by atoms with Gasteiger partial charge >= 0.3 is 0 Å². The Labute approximate surface area is 102 Å². The standard InChI is InChI=1S/C13H21NOS/c1-4-11(5-2)9-14(6-3)13-8-7-12(10-15)16-13/h7-8,10-11H,4-6,9H2,1-3H3. The van der Waals surface area contributed by atoms with Crippen molar-refractivity contribution in [2.75, 3.05) is 18.0 Å². The van der Waals surface area contributed by atoms with E-state index in [0.717, 1.165) is 30.2 Å². The number of carbonyl (C=O) groups is 1. The lowest BCUT2D eigenvalue weighted by Crippen LogP contribution is -2.28. The second kappa shape index (κ2) is 6.69. The smallest absolute Gasteiger partial charge is 0.160 e. The summed E-state index contributed by atoms with van der Waals surface area (Å²) in [6.45, 7) is 8.76. The van der Waals surface area contributed by atoms with E-state index in [1.807, 2.05) is 6.07 Å². The molecule has 2 nitrogen and oxygen atoms in total. The summed E-state index contributed by atoms with van der Waals surface area (Å²) in [7, 11) is 0. The van der Waals surface area contributed by atoms with Gasteiger partial charge in [-0.05, 0) is 25.0 Å². The molecule has 0 unspecified atom stereocenters. The molecule has 0 aliphatic carbocycles. The van der Waals surface area contributed by atoms with Crippen molar-refractivity contribution in [2.45, 2.75) is 33.6 Å². The van der Waals surface area contributed by atoms with Gasteiger partial charge in [0.2, 0.25) is 0 Å². The first-order chi connectivity index (χ1) is 7.74. The van der Waals surface area contributed by atoms with Crippen molar-refractivity contribution in [3.8, 4) is 0 Å². The van der Waals surface area contributed by atoms with E-state index >= 15 is 0 Å². The number of carbonyl (C=O) groups excluding carboxylic acids is 1. The van der Waals surface area contributed by atoms with E-state index in [1.165, 1.54) is 17.8 Å². The molecule has 0 N–H and O–H groups in total. The second-order valence-electron chi connectivity index (χ2n) is 4.02. The summed E-state index contributed by atoms with van der Waals surface area (Å²) in [5.41, 5.74) is 0. The molecule has 90 valence electrons. The molecule has 0 aliphatic rings. The Balaban J connectivity index is 2.69. The Morgan fingerprint density at radius 3 is 2.44 bits per heavy atom. The van der Waals surface area contributed by atoms with Crippen molar-refractivity contribution in [3.63, 3.8) is 0 Å². The van der Waals surface area contributed by atoms with E-state index in [9.17, 15) is 4.79 Å². The van der Waals surface area contributed by atoms with Crippen LogP contribution in [0.1, 0.15) is 43.3 Å². The monoisotopic (exact) mass is 239 g/mol. The van der Waals surface area contributed by atoms with Crippen LogP contribution in [-0.4, -0.2) is 19.4 Å². The van der Waals surface area contributed by atoms with E-state index < -0.39 is 0 Å². The van der Waals surface area contributed by atoms with Gasteiger partial charge in [0.05, 0.1) is 9.88 Å². The topological polar surface area (TPSA) is 20.3 Å². The van der Waals surface area contributed by atoms with Gasteiger partial charge in [0, 0.05) is 13.1 Å². The van der Waals surface area contributed by atoms with Crippen molar-refractivity contribution in [1.82, 2.24) is 0 Å². The SMILES string of the molecule is CCC(CC)CN(CC)c1ccc(C=O)s1. The summed E-state index contributed by atoms with van der Waals surface area (Å²) in [4.78, 5) is 13.8. The predicted molar refractivity (Wildman–Crippen MR) is 71.7 cm³/mol. The summed E-state index contributed by atoms with van der Waals surface area (Å²) in [5, 5.41) is 1.22. The molecule has 16 heavy (non-hydrogen) atoms. The molecule has 0 atom stereocenters. The van der Waals surface area contributed by atoms with E-state index in [2.05, 4.69) is 31.7 Å². The fraction of sp³-hybridized carbons (Fsp3) is 0.615. The van der Waals surface area contributed by atoms with Crippen LogP contribution in [0.3, 0.4) is 0 Å². The molecule has 0 radical (unpaired) electrons. The fourth-order valence-electron chi connectivity index (χ4n) is 1.81. The molecule has 3 heteroatoms. The number of hydrogen-bond donors (Lipinski definition) is 0. The van der Waals surface area contributed by atoms with Gasteiger partial charge in [0.15, 0.2) is 6.29 Å². The van der Waals surface area contributed by atoms with E-state index in [0.29, 0.717) is 0 Å². The Morgan fingerprint density at radius 2 is 2.00 bits per heavy atom. The van der Waals surface area contributed by atoms with Crippen molar-refractivity contribution in [1.29, 1.82) is 0 Å². The Hall–Kier alpha value is -0.830. The van der Waals surface area contributed by atoms with E-state index in [4.69, 9.17) is 0 Å². The molecule has 0 aliphatic heterocycles. The number of anilines is 1. The van der Waals surface area contributed by atoms with Gasteiger partial charge in [-0.25, -0.2) is 0 Å². The minimum absolute atomic E-state index is 0.752. The molecule has 0 bridgehead atoms. The highest BCUT2D eigenvalue weighted by atomic mass is 32.1. The number of nitrogens with zero attached hydrogens (tertiary/aromatic N) is 1. The van der Waals surface area contributed by atoms with Gasteiger partial charge in [-0.1, -0.05) is 26.7 Å². The van der Waals surface area contributed by atoms with Crippen LogP contribution in [0.4, 0.5) is 5.00 Å². The highest BCUT2D eigenvalue weighted by molar-refractivity contribution is 7.17. The zero-order chi connectivity index (χ0) is 12.0. The highest BCUT2D eigenvalue weighted by Crippen LogP contribution is 2.26. The Kier molecular flexibility index (Phi) is 5.53. The van der Waals surface area contributed by atoms with Crippen molar-refractivity contribution < 1.29 is 4.79 Å². The van der Waals surface area contributed by atoms with Crippen LogP contribution in [0.5, 0.6) is 0 Å². The lowest BCUT2D eigenvalue weighted by Gasteiger charge is -2.25. The first kappa shape index (κ1) is 13.2. The lowest BCUT2D eigenvalue weighted by atomic mass is 10.0. The first-order valence-electron chi connectivity index (χ1n) is 6.05. The number of aldehydes is 1. The quantitative estimate of drug-likeness (QED) is 0.674. The zero-order valence-electron chi connectivity index (χ0n) is 10.4. The largest absolute Gasteiger partial charge is 0.363 e. The lowest BCUT2D eigenvalue weighted by molar-refractivity contribution is 0.112. The molecule has 0 amide bonds. The molecular formula is C13H21NOS. The van der Waals surface area contributed by atoms with Crippen LogP contribution in [0.2, 0.25) is 0 Å². The maximum atomic E-state index is 10.7. The minimum atomic E-state index is 0.752. The average Bonchev–Trinajstić information content (AvgIpc) is 2.79. The maximum absolute atomic E-state index is 10.7. The molecule has 0 aromatic carbocycles. The van der Waals surface area contributed by atoms with E-state index in [1.54, 1.807) is 11.3 Å². The third-order valence-electron chi connectivity index (χ3n) is 3.06. The number of thiophene rings is 1. The predicted octanol–water partition coefficient (Wildman–Crippen LogP) is 3.82. The third-order valence-corrected chi connectivity index (χ3v) is 4.13. The molecule has 0 saturated carbocycles. The molecule has 1 heterocycles. The zero-order valence-corrected chi connectivity index (χ0v) is 11.2. The van der Waals surface area contributed by atoms with Crippen LogP contribution < -0.4 is 4.90 Å². The first-order valence-corrected chi connectivity index (χ1v) is 6.86. The molecule has 1 rings (SSSR count). The van der Waals surface area contributed by atoms with Gasteiger partial charge in [0.25, 0.3) is 0 Å². The molecule has 0 spiro atoms. The highest BCUT2D eigenvalue weighted by Gasteiger charge is 2.12. The summed E-state index contributed by atoms with van der Waals surface area (Å²) in [6, 6.07) is 3.96. The maximum Gasteiger partial charge on any atom is 0.160 e. The summed E-state index contributed by atoms with van der Waals surface area (Å²) in [6.07, 6.45) is 3.37. The normalized spacial score (nSPS) is 10.8. The van der Waals surface area contributed by atoms with Crippen LogP contribution in [0.25, 0.3) is 0 Å². The third kappa shape index (κ3) is 3.34. The molecule has 1 aromatic rings. The van der Waals surface area contributed by atoms with Crippen molar-refractivity contribution in [2.24, 2.45) is 5.92 Å². The van der Waals surface area contributed by atoms with Crippen molar-refractivity contribution in [3.05, 3.63) is 17.0 Å². The fourth-order valence-corrected chi connectivity index (χ4v) is 2.70. The van der Waals surface area contributed by atoms with E-state index in [-0.39, 0.29) is 0 Å². The average molecular weight is 239 g/mol. The summed E-state index contributed by atoms with van der Waals surface area (Å²) < 4.78 is 0.